The molecule has 1 heterocycles. The Labute approximate surface area is 272 Å². The third kappa shape index (κ3) is 11.3. The number of hydrogen-bond donors (Lipinski definition) is 3. The summed E-state index contributed by atoms with van der Waals surface area (Å²) in [6, 6.07) is 30.3. The number of carbonyl (C=O) groups excluding carboxylic acids is 1. The van der Waals surface area contributed by atoms with Gasteiger partial charge in [0.15, 0.2) is 0 Å². The number of carboxylic acid groups (broad SMARTS) is 1. The van der Waals surface area contributed by atoms with Crippen molar-refractivity contribution in [1.29, 1.82) is 0 Å². The summed E-state index contributed by atoms with van der Waals surface area (Å²) < 4.78 is 12.2. The molecule has 242 valence electrons. The Morgan fingerprint density at radius 1 is 0.717 bits per heavy atom. The van der Waals surface area contributed by atoms with Crippen LogP contribution in [-0.2, 0) is 22.4 Å². The lowest BCUT2D eigenvalue weighted by atomic mass is 9.97. The number of nitrogens with one attached hydrogen (secondary N) is 1. The van der Waals surface area contributed by atoms with Gasteiger partial charge in [0, 0.05) is 31.0 Å². The average molecular weight is 624 g/mol. The highest BCUT2D eigenvalue weighted by Crippen LogP contribution is 2.29. The van der Waals surface area contributed by atoms with Crippen molar-refractivity contribution in [3.63, 3.8) is 0 Å². The molecule has 4 aromatic rings. The Bertz CT molecular complexity index is 1450. The lowest BCUT2D eigenvalue weighted by Gasteiger charge is -2.16. The average Bonchev–Trinajstić information content (AvgIpc) is 3.08. The number of rotatable bonds is 20. The Balaban J connectivity index is 1.30. The number of nitrogens with two attached hydrogens (primary N) is 1. The van der Waals surface area contributed by atoms with E-state index in [4.69, 9.17) is 20.2 Å². The van der Waals surface area contributed by atoms with E-state index in [1.165, 1.54) is 0 Å². The highest BCUT2D eigenvalue weighted by molar-refractivity contribution is 5.75. The van der Waals surface area contributed by atoms with Crippen molar-refractivity contribution >= 4 is 11.9 Å². The fourth-order valence-corrected chi connectivity index (χ4v) is 5.23. The minimum absolute atomic E-state index is 0.0165. The van der Waals surface area contributed by atoms with Crippen LogP contribution < -0.4 is 20.5 Å². The van der Waals surface area contributed by atoms with Gasteiger partial charge in [0.1, 0.15) is 5.75 Å². The molecule has 1 aromatic heterocycles. The van der Waals surface area contributed by atoms with E-state index in [2.05, 4.69) is 41.7 Å². The minimum Gasteiger partial charge on any atom is -0.493 e. The number of amides is 1. The molecule has 8 heteroatoms. The molecule has 0 saturated heterocycles. The maximum absolute atomic E-state index is 12.0. The number of aromatic nitrogens is 1. The number of carboxylic acids is 1. The zero-order valence-electron chi connectivity index (χ0n) is 26.5. The number of carbonyl (C=O) groups is 2. The first-order chi connectivity index (χ1) is 22.5. The third-order valence-electron chi connectivity index (χ3n) is 7.65. The highest BCUT2D eigenvalue weighted by Gasteiger charge is 2.13. The van der Waals surface area contributed by atoms with Crippen molar-refractivity contribution in [2.75, 3.05) is 26.3 Å². The number of benzene rings is 3. The van der Waals surface area contributed by atoms with Gasteiger partial charge in [-0.1, -0.05) is 72.8 Å². The number of hydrogen-bond acceptors (Lipinski definition) is 6. The van der Waals surface area contributed by atoms with Gasteiger partial charge in [0.05, 0.1) is 18.9 Å². The molecule has 4 rings (SSSR count). The Morgan fingerprint density at radius 2 is 1.46 bits per heavy atom. The molecule has 8 nitrogen and oxygen atoms in total. The van der Waals surface area contributed by atoms with Gasteiger partial charge in [0.2, 0.25) is 11.8 Å². The van der Waals surface area contributed by atoms with Crippen LogP contribution >= 0.6 is 0 Å². The lowest BCUT2D eigenvalue weighted by molar-refractivity contribution is -0.137. The Morgan fingerprint density at radius 3 is 2.20 bits per heavy atom. The molecular formula is C38H45N3O5. The number of unbranched alkanes of at least 4 members (excludes halogenated alkanes) is 2. The van der Waals surface area contributed by atoms with E-state index >= 15 is 0 Å². The van der Waals surface area contributed by atoms with Gasteiger partial charge in [-0.15, -0.1) is 0 Å². The molecule has 0 aliphatic heterocycles. The van der Waals surface area contributed by atoms with Crippen molar-refractivity contribution in [2.24, 2.45) is 5.73 Å². The monoisotopic (exact) mass is 623 g/mol. The maximum atomic E-state index is 12.0. The van der Waals surface area contributed by atoms with Crippen LogP contribution in [0.1, 0.15) is 56.1 Å². The number of pyridine rings is 1. The highest BCUT2D eigenvalue weighted by atomic mass is 16.5. The van der Waals surface area contributed by atoms with Crippen molar-refractivity contribution in [3.05, 3.63) is 102 Å². The van der Waals surface area contributed by atoms with Crippen LogP contribution in [0.3, 0.4) is 0 Å². The second-order valence-electron chi connectivity index (χ2n) is 11.2. The van der Waals surface area contributed by atoms with Crippen LogP contribution in [0.2, 0.25) is 0 Å². The predicted octanol–water partition coefficient (Wildman–Crippen LogP) is 6.85. The third-order valence-corrected chi connectivity index (χ3v) is 7.65. The molecule has 46 heavy (non-hydrogen) atoms. The molecule has 3 aromatic carbocycles. The van der Waals surface area contributed by atoms with Gasteiger partial charge < -0.3 is 25.6 Å². The Hall–Kier alpha value is -4.69. The van der Waals surface area contributed by atoms with Gasteiger partial charge in [-0.3, -0.25) is 9.59 Å². The van der Waals surface area contributed by atoms with Crippen molar-refractivity contribution in [3.8, 4) is 34.0 Å². The molecule has 0 radical (unpaired) electrons. The fraction of sp³-hybridized carbons (Fsp3) is 0.342. The van der Waals surface area contributed by atoms with E-state index in [0.717, 1.165) is 65.6 Å². The van der Waals surface area contributed by atoms with Gasteiger partial charge >= 0.3 is 5.97 Å². The summed E-state index contributed by atoms with van der Waals surface area (Å²) in [7, 11) is 0. The van der Waals surface area contributed by atoms with Crippen molar-refractivity contribution < 1.29 is 24.2 Å². The lowest BCUT2D eigenvalue weighted by Crippen LogP contribution is -2.26. The quantitative estimate of drug-likeness (QED) is 0.0920. The first kappa shape index (κ1) is 34.2. The SMILES string of the molecule is NCCCNC(=O)CCCOc1cccc(CCCCCOc2cc(-c3ccccc3)cc(-c3ccccc3)n2)c1CCC(=O)O. The first-order valence-electron chi connectivity index (χ1n) is 16.2. The summed E-state index contributed by atoms with van der Waals surface area (Å²) in [5.41, 5.74) is 11.6. The standard InChI is InChI=1S/C38H45N3O5/c39-23-12-24-40-36(42)20-11-26-45-35-19-10-18-30(33(35)21-22-38(43)44)15-8-3-9-25-46-37-28-32(29-13-4-1-5-14-29)27-34(41-37)31-16-6-2-7-17-31/h1-2,4-7,10,13-14,16-19,27-28H,3,8-9,11-12,15,20-26,39H2,(H,40,42)(H,43,44). The van der Waals surface area contributed by atoms with E-state index in [9.17, 15) is 14.7 Å². The van der Waals surface area contributed by atoms with E-state index in [1.807, 2.05) is 54.6 Å². The predicted molar refractivity (Wildman–Crippen MR) is 182 cm³/mol. The summed E-state index contributed by atoms with van der Waals surface area (Å²) in [5, 5.41) is 12.2. The van der Waals surface area contributed by atoms with Gasteiger partial charge in [-0.25, -0.2) is 4.98 Å². The van der Waals surface area contributed by atoms with Crippen molar-refractivity contribution in [2.45, 2.75) is 57.8 Å². The molecule has 0 unspecified atom stereocenters. The molecule has 1 amide bonds. The maximum Gasteiger partial charge on any atom is 0.303 e. The number of aliphatic carboxylic acids is 1. The summed E-state index contributed by atoms with van der Waals surface area (Å²) >= 11 is 0. The fourth-order valence-electron chi connectivity index (χ4n) is 5.23. The number of aryl methyl sites for hydroxylation is 1. The largest absolute Gasteiger partial charge is 0.493 e. The van der Waals surface area contributed by atoms with Crippen LogP contribution in [0.15, 0.2) is 91.0 Å². The summed E-state index contributed by atoms with van der Waals surface area (Å²) in [5.74, 6) is 0.447. The molecule has 0 aliphatic carbocycles. The number of ether oxygens (including phenoxy) is 2. The van der Waals surface area contributed by atoms with Crippen LogP contribution in [-0.4, -0.2) is 48.3 Å². The van der Waals surface area contributed by atoms with E-state index in [1.54, 1.807) is 0 Å². The van der Waals surface area contributed by atoms with Crippen LogP contribution in [0, 0.1) is 0 Å². The minimum atomic E-state index is -0.840. The molecule has 0 atom stereocenters. The first-order valence-corrected chi connectivity index (χ1v) is 16.2. The molecule has 0 spiro atoms. The second kappa shape index (κ2) is 19.0. The Kier molecular flexibility index (Phi) is 14.1. The molecule has 0 fully saturated rings. The van der Waals surface area contributed by atoms with Crippen LogP contribution in [0.4, 0.5) is 0 Å². The van der Waals surface area contributed by atoms with Crippen molar-refractivity contribution in [1.82, 2.24) is 10.3 Å². The summed E-state index contributed by atoms with van der Waals surface area (Å²) in [4.78, 5) is 28.1. The van der Waals surface area contributed by atoms with Crippen LogP contribution in [0.25, 0.3) is 22.4 Å². The molecule has 0 bridgehead atoms. The summed E-state index contributed by atoms with van der Waals surface area (Å²) in [6.45, 7) is 2.06. The normalized spacial score (nSPS) is 10.8. The van der Waals surface area contributed by atoms with E-state index in [-0.39, 0.29) is 12.3 Å². The van der Waals surface area contributed by atoms with E-state index in [0.29, 0.717) is 57.2 Å². The number of nitrogens with zero attached hydrogens (tertiary/aromatic N) is 1. The zero-order chi connectivity index (χ0) is 32.4. The topological polar surface area (TPSA) is 124 Å². The zero-order valence-corrected chi connectivity index (χ0v) is 26.5. The molecule has 0 saturated carbocycles. The second-order valence-corrected chi connectivity index (χ2v) is 11.2. The van der Waals surface area contributed by atoms with Gasteiger partial charge in [-0.2, -0.15) is 0 Å². The van der Waals surface area contributed by atoms with Gasteiger partial charge in [-0.05, 0) is 85.9 Å². The molecule has 4 N–H and O–H groups in total. The molecular weight excluding hydrogens is 578 g/mol. The smallest absolute Gasteiger partial charge is 0.303 e. The van der Waals surface area contributed by atoms with E-state index < -0.39 is 5.97 Å². The summed E-state index contributed by atoms with van der Waals surface area (Å²) in [6.07, 6.45) is 5.70. The molecule has 0 aliphatic rings. The van der Waals surface area contributed by atoms with Gasteiger partial charge in [0.25, 0.3) is 0 Å². The van der Waals surface area contributed by atoms with Crippen LogP contribution in [0.5, 0.6) is 11.6 Å².